The fourth-order valence-electron chi connectivity index (χ4n) is 1.31. The van der Waals surface area contributed by atoms with Crippen LogP contribution in [0.4, 0.5) is 4.79 Å². The van der Waals surface area contributed by atoms with Gasteiger partial charge in [-0.3, -0.25) is 9.78 Å². The van der Waals surface area contributed by atoms with Crippen molar-refractivity contribution in [1.82, 2.24) is 15.6 Å². The number of aromatic nitrogens is 1. The number of ether oxygens (including phenoxy) is 1. The number of hydrogen-bond donors (Lipinski definition) is 2. The van der Waals surface area contributed by atoms with Gasteiger partial charge in [-0.1, -0.05) is 13.3 Å². The lowest BCUT2D eigenvalue weighted by molar-refractivity contribution is 0.0952. The molecule has 1 rings (SSSR count). The van der Waals surface area contributed by atoms with Gasteiger partial charge in [0.2, 0.25) is 0 Å². The Morgan fingerprint density at radius 3 is 2.58 bits per heavy atom. The molecule has 2 amide bonds. The number of nitrogens with zero attached hydrogens (tertiary/aromatic N) is 1. The second-order valence-corrected chi connectivity index (χ2v) is 3.91. The van der Waals surface area contributed by atoms with Crippen LogP contribution in [-0.4, -0.2) is 36.7 Å². The van der Waals surface area contributed by atoms with Gasteiger partial charge < -0.3 is 15.4 Å². The maximum atomic E-state index is 11.6. The third-order valence-corrected chi connectivity index (χ3v) is 2.35. The summed E-state index contributed by atoms with van der Waals surface area (Å²) in [4.78, 5) is 26.6. The van der Waals surface area contributed by atoms with Crippen LogP contribution in [0.1, 0.15) is 30.1 Å². The van der Waals surface area contributed by atoms with Crippen LogP contribution in [0.3, 0.4) is 0 Å². The molecule has 0 aliphatic rings. The summed E-state index contributed by atoms with van der Waals surface area (Å²) in [6, 6.07) is 3.25. The van der Waals surface area contributed by atoms with Crippen molar-refractivity contribution in [3.8, 4) is 0 Å². The van der Waals surface area contributed by atoms with Gasteiger partial charge in [-0.05, 0) is 18.6 Å². The van der Waals surface area contributed by atoms with E-state index >= 15 is 0 Å². The van der Waals surface area contributed by atoms with Crippen molar-refractivity contribution < 1.29 is 14.3 Å². The van der Waals surface area contributed by atoms with Gasteiger partial charge in [0.15, 0.2) is 0 Å². The summed E-state index contributed by atoms with van der Waals surface area (Å²) in [6.45, 7) is 3.13. The Balaban J connectivity index is 2.11. The Labute approximate surface area is 112 Å². The van der Waals surface area contributed by atoms with Gasteiger partial charge in [-0.15, -0.1) is 0 Å². The molecule has 104 valence electrons. The van der Waals surface area contributed by atoms with E-state index in [2.05, 4.69) is 15.6 Å². The first-order valence-corrected chi connectivity index (χ1v) is 6.33. The maximum absolute atomic E-state index is 11.6. The molecular formula is C13H19N3O3. The molecule has 0 bridgehead atoms. The number of alkyl carbamates (subject to hydrolysis) is 1. The van der Waals surface area contributed by atoms with E-state index in [1.807, 2.05) is 6.92 Å². The fourth-order valence-corrected chi connectivity index (χ4v) is 1.31. The number of carbonyl (C=O) groups is 2. The van der Waals surface area contributed by atoms with Gasteiger partial charge in [0, 0.05) is 31.0 Å². The Hall–Kier alpha value is -2.11. The molecule has 19 heavy (non-hydrogen) atoms. The first kappa shape index (κ1) is 14.9. The van der Waals surface area contributed by atoms with Crippen LogP contribution in [0.25, 0.3) is 0 Å². The minimum absolute atomic E-state index is 0.191. The van der Waals surface area contributed by atoms with E-state index in [9.17, 15) is 9.59 Å². The fraction of sp³-hybridized carbons (Fsp3) is 0.462. The SMILES string of the molecule is CCCCOC(=O)NCCNC(=O)c1ccncc1. The normalized spacial score (nSPS) is 9.74. The van der Waals surface area contributed by atoms with Gasteiger partial charge >= 0.3 is 6.09 Å². The first-order chi connectivity index (χ1) is 9.24. The van der Waals surface area contributed by atoms with E-state index in [0.717, 1.165) is 12.8 Å². The molecule has 6 nitrogen and oxygen atoms in total. The zero-order chi connectivity index (χ0) is 13.9. The summed E-state index contributed by atoms with van der Waals surface area (Å²) < 4.78 is 4.90. The monoisotopic (exact) mass is 265 g/mol. The quantitative estimate of drug-likeness (QED) is 0.729. The van der Waals surface area contributed by atoms with Crippen LogP contribution in [0.15, 0.2) is 24.5 Å². The Morgan fingerprint density at radius 1 is 1.21 bits per heavy atom. The molecule has 1 aromatic rings. The predicted octanol–water partition coefficient (Wildman–Crippen LogP) is 1.34. The van der Waals surface area contributed by atoms with Crippen LogP contribution >= 0.6 is 0 Å². The van der Waals surface area contributed by atoms with Crippen molar-refractivity contribution in [2.75, 3.05) is 19.7 Å². The van der Waals surface area contributed by atoms with Crippen LogP contribution in [0.5, 0.6) is 0 Å². The summed E-state index contributed by atoms with van der Waals surface area (Å²) in [7, 11) is 0. The highest BCUT2D eigenvalue weighted by Crippen LogP contribution is 1.94. The number of nitrogens with one attached hydrogen (secondary N) is 2. The summed E-state index contributed by atoms with van der Waals surface area (Å²) in [5, 5.41) is 5.24. The smallest absolute Gasteiger partial charge is 0.407 e. The molecule has 0 fully saturated rings. The lowest BCUT2D eigenvalue weighted by Gasteiger charge is -2.07. The van der Waals surface area contributed by atoms with E-state index < -0.39 is 6.09 Å². The van der Waals surface area contributed by atoms with Crippen molar-refractivity contribution >= 4 is 12.0 Å². The largest absolute Gasteiger partial charge is 0.450 e. The molecule has 6 heteroatoms. The van der Waals surface area contributed by atoms with E-state index in [4.69, 9.17) is 4.74 Å². The predicted molar refractivity (Wildman–Crippen MR) is 70.8 cm³/mol. The highest BCUT2D eigenvalue weighted by Gasteiger charge is 2.04. The third-order valence-electron chi connectivity index (χ3n) is 2.35. The summed E-state index contributed by atoms with van der Waals surface area (Å²) in [5.41, 5.74) is 0.542. The van der Waals surface area contributed by atoms with Gasteiger partial charge in [-0.25, -0.2) is 4.79 Å². The Bertz CT molecular complexity index is 395. The lowest BCUT2D eigenvalue weighted by atomic mass is 10.2. The molecule has 0 aliphatic heterocycles. The molecule has 0 radical (unpaired) electrons. The van der Waals surface area contributed by atoms with Gasteiger partial charge in [-0.2, -0.15) is 0 Å². The average Bonchev–Trinajstić information content (AvgIpc) is 2.44. The summed E-state index contributed by atoms with van der Waals surface area (Å²) in [6.07, 6.45) is 4.49. The molecule has 0 aliphatic carbocycles. The number of pyridine rings is 1. The Kier molecular flexibility index (Phi) is 7.01. The number of rotatable bonds is 7. The van der Waals surface area contributed by atoms with E-state index in [0.29, 0.717) is 25.3 Å². The van der Waals surface area contributed by atoms with Crippen LogP contribution in [0.2, 0.25) is 0 Å². The van der Waals surface area contributed by atoms with Crippen LogP contribution < -0.4 is 10.6 Å². The first-order valence-electron chi connectivity index (χ1n) is 6.33. The highest BCUT2D eigenvalue weighted by molar-refractivity contribution is 5.93. The molecule has 1 heterocycles. The molecule has 0 unspecified atom stereocenters. The second kappa shape index (κ2) is 8.91. The Morgan fingerprint density at radius 2 is 1.89 bits per heavy atom. The lowest BCUT2D eigenvalue weighted by Crippen LogP contribution is -2.35. The molecule has 1 aromatic heterocycles. The molecule has 2 N–H and O–H groups in total. The van der Waals surface area contributed by atoms with Gasteiger partial charge in [0.1, 0.15) is 0 Å². The van der Waals surface area contributed by atoms with Crippen LogP contribution in [-0.2, 0) is 4.74 Å². The van der Waals surface area contributed by atoms with Crippen molar-refractivity contribution in [3.05, 3.63) is 30.1 Å². The van der Waals surface area contributed by atoms with Crippen LogP contribution in [0, 0.1) is 0 Å². The summed E-state index contributed by atoms with van der Waals surface area (Å²) in [5.74, 6) is -0.191. The van der Waals surface area contributed by atoms with Crippen molar-refractivity contribution in [1.29, 1.82) is 0 Å². The zero-order valence-corrected chi connectivity index (χ0v) is 11.0. The molecule has 0 aromatic carbocycles. The van der Waals surface area contributed by atoms with E-state index in [1.165, 1.54) is 0 Å². The van der Waals surface area contributed by atoms with Crippen molar-refractivity contribution in [2.24, 2.45) is 0 Å². The summed E-state index contributed by atoms with van der Waals surface area (Å²) >= 11 is 0. The van der Waals surface area contributed by atoms with E-state index in [1.54, 1.807) is 24.5 Å². The molecule has 0 spiro atoms. The molecular weight excluding hydrogens is 246 g/mol. The van der Waals surface area contributed by atoms with Crippen molar-refractivity contribution in [3.63, 3.8) is 0 Å². The molecule has 0 saturated heterocycles. The number of amides is 2. The van der Waals surface area contributed by atoms with E-state index in [-0.39, 0.29) is 5.91 Å². The van der Waals surface area contributed by atoms with Gasteiger partial charge in [0.25, 0.3) is 5.91 Å². The topological polar surface area (TPSA) is 80.3 Å². The minimum atomic E-state index is -0.452. The zero-order valence-electron chi connectivity index (χ0n) is 11.0. The molecule has 0 saturated carbocycles. The number of hydrogen-bond acceptors (Lipinski definition) is 4. The second-order valence-electron chi connectivity index (χ2n) is 3.91. The standard InChI is InChI=1S/C13H19N3O3/c1-2-3-10-19-13(18)16-9-8-15-12(17)11-4-6-14-7-5-11/h4-7H,2-3,8-10H2,1H3,(H,15,17)(H,16,18). The average molecular weight is 265 g/mol. The molecule has 0 atom stereocenters. The number of unbranched alkanes of at least 4 members (excludes halogenated alkanes) is 1. The van der Waals surface area contributed by atoms with Gasteiger partial charge in [0.05, 0.1) is 6.61 Å². The maximum Gasteiger partial charge on any atom is 0.407 e. The van der Waals surface area contributed by atoms with Crippen molar-refractivity contribution in [2.45, 2.75) is 19.8 Å². The third kappa shape index (κ3) is 6.40. The highest BCUT2D eigenvalue weighted by atomic mass is 16.5. The number of carbonyl (C=O) groups excluding carboxylic acids is 2. The minimum Gasteiger partial charge on any atom is -0.450 e.